The first-order chi connectivity index (χ1) is 15.9. The zero-order valence-corrected chi connectivity index (χ0v) is 19.8. The summed E-state index contributed by atoms with van der Waals surface area (Å²) in [7, 11) is -2.16. The molecule has 0 atom stereocenters. The predicted octanol–water partition coefficient (Wildman–Crippen LogP) is 2.16. The maximum Gasteiger partial charge on any atom is 0.235 e. The molecule has 0 aliphatic carbocycles. The van der Waals surface area contributed by atoms with Crippen LogP contribution in [0.2, 0.25) is 0 Å². The van der Waals surface area contributed by atoms with Crippen LogP contribution >= 0.6 is 11.3 Å². The quantitative estimate of drug-likeness (QED) is 0.482. The third-order valence-electron chi connectivity index (χ3n) is 5.48. The third kappa shape index (κ3) is 5.60. The summed E-state index contributed by atoms with van der Waals surface area (Å²) in [6.45, 7) is 4.25. The number of carbonyl (C=O) groups is 1. The highest BCUT2D eigenvalue weighted by Crippen LogP contribution is 2.34. The second-order valence-corrected chi connectivity index (χ2v) is 10.7. The Kier molecular flexibility index (Phi) is 7.11. The van der Waals surface area contributed by atoms with Crippen LogP contribution in [0.25, 0.3) is 10.2 Å². The van der Waals surface area contributed by atoms with Crippen molar-refractivity contribution in [1.82, 2.24) is 15.2 Å². The number of sulfone groups is 1. The molecule has 8 nitrogen and oxygen atoms in total. The van der Waals surface area contributed by atoms with E-state index in [-0.39, 0.29) is 4.90 Å². The van der Waals surface area contributed by atoms with Crippen LogP contribution in [0, 0.1) is 5.82 Å². The molecule has 1 amide bonds. The molecular formula is C22H25FN4O4S2. The van der Waals surface area contributed by atoms with Crippen molar-refractivity contribution in [2.75, 3.05) is 57.0 Å². The van der Waals surface area contributed by atoms with Gasteiger partial charge >= 0.3 is 0 Å². The molecular weight excluding hydrogens is 467 g/mol. The molecule has 0 saturated carbocycles. The minimum atomic E-state index is -3.80. The Morgan fingerprint density at radius 3 is 2.58 bits per heavy atom. The number of ether oxygens (including phenoxy) is 1. The monoisotopic (exact) mass is 492 g/mol. The molecule has 1 aromatic heterocycles. The first-order valence-corrected chi connectivity index (χ1v) is 13.0. The number of nitrogens with one attached hydrogen (secondary N) is 1. The summed E-state index contributed by atoms with van der Waals surface area (Å²) in [4.78, 5) is 21.3. The zero-order chi connectivity index (χ0) is 23.4. The number of aromatic nitrogens is 1. The van der Waals surface area contributed by atoms with Gasteiger partial charge in [0.2, 0.25) is 5.91 Å². The van der Waals surface area contributed by atoms with Gasteiger partial charge in [-0.1, -0.05) is 17.4 Å². The fraction of sp³-hybridized carbons (Fsp3) is 0.364. The number of carbonyl (C=O) groups excluding carboxylic acids is 1. The number of amides is 1. The van der Waals surface area contributed by atoms with E-state index >= 15 is 0 Å². The van der Waals surface area contributed by atoms with Gasteiger partial charge in [-0.05, 0) is 36.4 Å². The van der Waals surface area contributed by atoms with E-state index in [2.05, 4.69) is 15.1 Å². The van der Waals surface area contributed by atoms with Gasteiger partial charge in [-0.3, -0.25) is 9.69 Å². The van der Waals surface area contributed by atoms with E-state index < -0.39 is 27.3 Å². The molecule has 11 heteroatoms. The van der Waals surface area contributed by atoms with Gasteiger partial charge in [0.15, 0.2) is 15.0 Å². The molecule has 2 heterocycles. The van der Waals surface area contributed by atoms with Crippen molar-refractivity contribution in [3.05, 3.63) is 48.3 Å². The number of piperazine rings is 1. The number of anilines is 1. The molecule has 33 heavy (non-hydrogen) atoms. The number of methoxy groups -OCH3 is 1. The summed E-state index contributed by atoms with van der Waals surface area (Å²) in [6.07, 6.45) is 0. The summed E-state index contributed by atoms with van der Waals surface area (Å²) in [6, 6.07) is 10.4. The number of rotatable bonds is 8. The van der Waals surface area contributed by atoms with Gasteiger partial charge in [0.1, 0.15) is 22.8 Å². The number of thiazole rings is 1. The standard InChI is InChI=1S/C22H25FN4O4S2/c1-31-18-3-2-4-19-21(18)25-22(32-19)27-13-11-26(12-14-27)10-9-24-20(28)15-33(29,30)17-7-5-16(23)6-8-17/h2-8H,9-15H2,1H3,(H,24,28). The first kappa shape index (κ1) is 23.4. The summed E-state index contributed by atoms with van der Waals surface area (Å²) in [5.41, 5.74) is 0.876. The molecule has 3 aromatic rings. The molecule has 4 rings (SSSR count). The maximum atomic E-state index is 13.0. The van der Waals surface area contributed by atoms with Crippen LogP contribution in [0.15, 0.2) is 47.4 Å². The Labute approximate surface area is 195 Å². The lowest BCUT2D eigenvalue weighted by Crippen LogP contribution is -2.48. The van der Waals surface area contributed by atoms with Gasteiger partial charge < -0.3 is 15.0 Å². The maximum absolute atomic E-state index is 13.0. The van der Waals surface area contributed by atoms with Crippen LogP contribution in [0.4, 0.5) is 9.52 Å². The fourth-order valence-corrected chi connectivity index (χ4v) is 5.88. The smallest absolute Gasteiger partial charge is 0.235 e. The number of nitrogens with zero attached hydrogens (tertiary/aromatic N) is 3. The predicted molar refractivity (Wildman–Crippen MR) is 126 cm³/mol. The molecule has 2 aromatic carbocycles. The Bertz CT molecular complexity index is 1220. The minimum absolute atomic E-state index is 0.0670. The molecule has 0 radical (unpaired) electrons. The molecule has 0 spiro atoms. The zero-order valence-electron chi connectivity index (χ0n) is 18.2. The Hall–Kier alpha value is -2.76. The second kappa shape index (κ2) is 10.0. The van der Waals surface area contributed by atoms with Crippen molar-refractivity contribution >= 4 is 42.4 Å². The Balaban J connectivity index is 1.23. The number of hydrogen-bond acceptors (Lipinski definition) is 8. The highest BCUT2D eigenvalue weighted by atomic mass is 32.2. The van der Waals surface area contributed by atoms with Crippen LogP contribution in [-0.4, -0.2) is 76.3 Å². The lowest BCUT2D eigenvalue weighted by Gasteiger charge is -2.34. The first-order valence-electron chi connectivity index (χ1n) is 10.5. The van der Waals surface area contributed by atoms with Gasteiger partial charge in [-0.25, -0.2) is 17.8 Å². The fourth-order valence-electron chi connectivity index (χ4n) is 3.68. The van der Waals surface area contributed by atoms with Gasteiger partial charge in [-0.15, -0.1) is 0 Å². The van der Waals surface area contributed by atoms with Crippen molar-refractivity contribution in [2.24, 2.45) is 0 Å². The number of benzene rings is 2. The third-order valence-corrected chi connectivity index (χ3v) is 8.19. The SMILES string of the molecule is COc1cccc2sc(N3CCN(CCNC(=O)CS(=O)(=O)c4ccc(F)cc4)CC3)nc12. The van der Waals surface area contributed by atoms with Crippen molar-refractivity contribution in [3.8, 4) is 5.75 Å². The van der Waals surface area contributed by atoms with Crippen LogP contribution < -0.4 is 15.0 Å². The van der Waals surface area contributed by atoms with E-state index in [4.69, 9.17) is 9.72 Å². The topological polar surface area (TPSA) is 91.8 Å². The van der Waals surface area contributed by atoms with Crippen molar-refractivity contribution < 1.29 is 22.3 Å². The second-order valence-electron chi connectivity index (χ2n) is 7.70. The number of fused-ring (bicyclic) bond motifs is 1. The van der Waals surface area contributed by atoms with Crippen LogP contribution in [0.3, 0.4) is 0 Å². The molecule has 0 bridgehead atoms. The van der Waals surface area contributed by atoms with Gasteiger partial charge in [-0.2, -0.15) is 0 Å². The van der Waals surface area contributed by atoms with E-state index in [0.717, 1.165) is 59.4 Å². The highest BCUT2D eigenvalue weighted by Gasteiger charge is 2.22. The molecule has 1 N–H and O–H groups in total. The Morgan fingerprint density at radius 2 is 1.88 bits per heavy atom. The largest absolute Gasteiger partial charge is 0.494 e. The number of hydrogen-bond donors (Lipinski definition) is 1. The van der Waals surface area contributed by atoms with Gasteiger partial charge in [0, 0.05) is 39.3 Å². The normalized spacial score (nSPS) is 15.0. The number of para-hydroxylation sites is 1. The van der Waals surface area contributed by atoms with Crippen LogP contribution in [0.5, 0.6) is 5.75 Å². The molecule has 1 aliphatic rings. The van der Waals surface area contributed by atoms with Gasteiger partial charge in [0.05, 0.1) is 16.7 Å². The Morgan fingerprint density at radius 1 is 1.15 bits per heavy atom. The van der Waals surface area contributed by atoms with E-state index in [9.17, 15) is 17.6 Å². The summed E-state index contributed by atoms with van der Waals surface area (Å²) in [5.74, 6) is -0.985. The van der Waals surface area contributed by atoms with Crippen molar-refractivity contribution in [1.29, 1.82) is 0 Å². The molecule has 1 fully saturated rings. The van der Waals surface area contributed by atoms with Crippen molar-refractivity contribution in [2.45, 2.75) is 4.90 Å². The lowest BCUT2D eigenvalue weighted by molar-refractivity contribution is -0.118. The van der Waals surface area contributed by atoms with E-state index in [0.29, 0.717) is 13.1 Å². The molecule has 1 aliphatic heterocycles. The summed E-state index contributed by atoms with van der Waals surface area (Å²) in [5, 5.41) is 3.64. The average molecular weight is 493 g/mol. The van der Waals surface area contributed by atoms with Crippen molar-refractivity contribution in [3.63, 3.8) is 0 Å². The van der Waals surface area contributed by atoms with Gasteiger partial charge in [0.25, 0.3) is 0 Å². The summed E-state index contributed by atoms with van der Waals surface area (Å²) >= 11 is 1.64. The minimum Gasteiger partial charge on any atom is -0.494 e. The number of halogens is 1. The van der Waals surface area contributed by atoms with E-state index in [1.165, 1.54) is 12.1 Å². The van der Waals surface area contributed by atoms with E-state index in [1.54, 1.807) is 18.4 Å². The summed E-state index contributed by atoms with van der Waals surface area (Å²) < 4.78 is 44.0. The molecule has 0 unspecified atom stereocenters. The lowest BCUT2D eigenvalue weighted by atomic mass is 10.3. The van der Waals surface area contributed by atoms with E-state index in [1.807, 2.05) is 18.2 Å². The molecule has 1 saturated heterocycles. The average Bonchev–Trinajstić information content (AvgIpc) is 3.24. The highest BCUT2D eigenvalue weighted by molar-refractivity contribution is 7.92. The molecule has 176 valence electrons. The van der Waals surface area contributed by atoms with Crippen LogP contribution in [-0.2, 0) is 14.6 Å². The van der Waals surface area contributed by atoms with Crippen LogP contribution in [0.1, 0.15) is 0 Å².